The molecule has 0 aliphatic rings. The number of nitrogens with one attached hydrogen (secondary N) is 1. The Morgan fingerprint density at radius 3 is 2.24 bits per heavy atom. The predicted octanol–water partition coefficient (Wildman–Crippen LogP) is 2.72. The van der Waals surface area contributed by atoms with E-state index < -0.39 is 22.4 Å². The van der Waals surface area contributed by atoms with Gasteiger partial charge in [-0.1, -0.05) is 0 Å². The first-order valence-corrected chi connectivity index (χ1v) is 9.64. The average molecular weight is 452 g/mol. The Labute approximate surface area is 187 Å². The Bertz CT molecular complexity index is 1290. The van der Waals surface area contributed by atoms with E-state index in [4.69, 9.17) is 4.74 Å². The number of hydrogen-bond acceptors (Lipinski definition) is 8. The van der Waals surface area contributed by atoms with Crippen molar-refractivity contribution in [1.82, 2.24) is 9.78 Å². The summed E-state index contributed by atoms with van der Waals surface area (Å²) in [5.74, 6) is -1.05. The molecule has 1 N–H and O–H groups in total. The molecular formula is C22H20N4O7. The highest BCUT2D eigenvalue weighted by Gasteiger charge is 2.21. The molecule has 3 rings (SSSR count). The molecule has 0 fully saturated rings. The van der Waals surface area contributed by atoms with Gasteiger partial charge in [0.1, 0.15) is 0 Å². The number of esters is 2. The Hall–Kier alpha value is -4.54. The molecule has 33 heavy (non-hydrogen) atoms. The molecule has 3 aromatic rings. The van der Waals surface area contributed by atoms with Crippen LogP contribution in [0.25, 0.3) is 5.69 Å². The summed E-state index contributed by atoms with van der Waals surface area (Å²) in [6.07, 6.45) is -0.213. The van der Waals surface area contributed by atoms with E-state index in [1.807, 2.05) is 0 Å². The number of H-pyrrole nitrogens is 1. The lowest BCUT2D eigenvalue weighted by atomic mass is 10.1. The highest BCUT2D eigenvalue weighted by atomic mass is 16.6. The van der Waals surface area contributed by atoms with Gasteiger partial charge >= 0.3 is 11.9 Å². The molecule has 0 bridgehead atoms. The van der Waals surface area contributed by atoms with Gasteiger partial charge in [0.25, 0.3) is 11.2 Å². The summed E-state index contributed by atoms with van der Waals surface area (Å²) in [6.45, 7) is 1.61. The van der Waals surface area contributed by atoms with Crippen LogP contribution in [0.5, 0.6) is 0 Å². The van der Waals surface area contributed by atoms with Crippen molar-refractivity contribution < 1.29 is 24.0 Å². The van der Waals surface area contributed by atoms with Crippen LogP contribution in [-0.4, -0.2) is 46.6 Å². The number of ether oxygens (including phenoxy) is 2. The van der Waals surface area contributed by atoms with Crippen molar-refractivity contribution >= 4 is 29.0 Å². The molecule has 11 nitrogen and oxygen atoms in total. The van der Waals surface area contributed by atoms with Gasteiger partial charge in [-0.05, 0) is 43.3 Å². The largest absolute Gasteiger partial charge is 0.469 e. The van der Waals surface area contributed by atoms with E-state index in [-0.39, 0.29) is 23.4 Å². The van der Waals surface area contributed by atoms with Crippen LogP contribution in [0, 0.1) is 10.1 Å². The number of methoxy groups -OCH3 is 2. The van der Waals surface area contributed by atoms with Crippen molar-refractivity contribution in [2.24, 2.45) is 4.99 Å². The number of hydrogen-bond donors (Lipinski definition) is 1. The second kappa shape index (κ2) is 9.73. The smallest absolute Gasteiger partial charge is 0.337 e. The molecule has 0 saturated carbocycles. The van der Waals surface area contributed by atoms with Gasteiger partial charge < -0.3 is 9.47 Å². The Morgan fingerprint density at radius 1 is 1.06 bits per heavy atom. The molecule has 1 heterocycles. The third-order valence-electron chi connectivity index (χ3n) is 4.78. The van der Waals surface area contributed by atoms with E-state index in [1.54, 1.807) is 31.2 Å². The van der Waals surface area contributed by atoms with E-state index >= 15 is 0 Å². The van der Waals surface area contributed by atoms with Gasteiger partial charge in [-0.25, -0.2) is 9.48 Å². The molecule has 170 valence electrons. The van der Waals surface area contributed by atoms with Crippen molar-refractivity contribution in [2.75, 3.05) is 14.2 Å². The van der Waals surface area contributed by atoms with Gasteiger partial charge in [0.15, 0.2) is 0 Å². The van der Waals surface area contributed by atoms with Crippen LogP contribution < -0.4 is 5.56 Å². The fraction of sp³-hybridized carbons (Fsp3) is 0.182. The number of aromatic amines is 1. The van der Waals surface area contributed by atoms with Crippen molar-refractivity contribution in [2.45, 2.75) is 13.3 Å². The molecule has 0 spiro atoms. The van der Waals surface area contributed by atoms with E-state index in [9.17, 15) is 24.5 Å². The molecular weight excluding hydrogens is 432 g/mol. The first-order valence-electron chi connectivity index (χ1n) is 9.64. The average Bonchev–Trinajstić information content (AvgIpc) is 3.14. The lowest BCUT2D eigenvalue weighted by Gasteiger charge is -2.03. The number of aliphatic imine (C=N–C) groups is 1. The van der Waals surface area contributed by atoms with Crippen LogP contribution in [0.1, 0.15) is 28.5 Å². The molecule has 2 aromatic carbocycles. The number of carbonyl (C=O) groups is 2. The molecule has 0 amide bonds. The summed E-state index contributed by atoms with van der Waals surface area (Å²) in [6, 6.07) is 11.6. The summed E-state index contributed by atoms with van der Waals surface area (Å²) in [7, 11) is 2.51. The Balaban J connectivity index is 2.06. The number of nitro groups is 1. The molecule has 0 saturated heterocycles. The maximum absolute atomic E-state index is 13.2. The maximum Gasteiger partial charge on any atom is 0.337 e. The standard InChI is InChI=1S/C22H20N4O7/c1-13(23-15-6-4-14(5-7-15)22(29)33-3)20-18(12-19(27)32-2)24-25(21(20)28)16-8-10-17(11-9-16)26(30)31/h4-11,24H,12H2,1-3H3. The fourth-order valence-corrected chi connectivity index (χ4v) is 3.14. The molecule has 11 heteroatoms. The van der Waals surface area contributed by atoms with Crippen molar-refractivity contribution in [1.29, 1.82) is 0 Å². The zero-order valence-electron chi connectivity index (χ0n) is 18.0. The van der Waals surface area contributed by atoms with Gasteiger partial charge in [0, 0.05) is 12.1 Å². The minimum Gasteiger partial charge on any atom is -0.469 e. The second-order valence-electron chi connectivity index (χ2n) is 6.87. The van der Waals surface area contributed by atoms with Gasteiger partial charge in [-0.3, -0.25) is 29.8 Å². The van der Waals surface area contributed by atoms with Crippen LogP contribution >= 0.6 is 0 Å². The summed E-state index contributed by atoms with van der Waals surface area (Å²) >= 11 is 0. The lowest BCUT2D eigenvalue weighted by molar-refractivity contribution is -0.384. The normalized spacial score (nSPS) is 11.2. The number of nitrogens with zero attached hydrogens (tertiary/aromatic N) is 3. The van der Waals surface area contributed by atoms with Crippen LogP contribution in [0.4, 0.5) is 11.4 Å². The number of aromatic nitrogens is 2. The first kappa shape index (κ1) is 23.1. The van der Waals surface area contributed by atoms with Crippen molar-refractivity contribution in [3.05, 3.63) is 85.8 Å². The van der Waals surface area contributed by atoms with Gasteiger partial charge in [-0.15, -0.1) is 0 Å². The third kappa shape index (κ3) is 5.03. The first-order chi connectivity index (χ1) is 15.7. The SMILES string of the molecule is COC(=O)Cc1[nH]n(-c2ccc([N+](=O)[O-])cc2)c(=O)c1C(C)=Nc1ccc(C(=O)OC)cc1. The van der Waals surface area contributed by atoms with Gasteiger partial charge in [0.05, 0.1) is 59.5 Å². The van der Waals surface area contributed by atoms with Crippen molar-refractivity contribution in [3.63, 3.8) is 0 Å². The number of carbonyl (C=O) groups excluding carboxylic acids is 2. The maximum atomic E-state index is 13.2. The monoisotopic (exact) mass is 452 g/mol. The fourth-order valence-electron chi connectivity index (χ4n) is 3.14. The number of benzene rings is 2. The molecule has 0 radical (unpaired) electrons. The van der Waals surface area contributed by atoms with Gasteiger partial charge in [-0.2, -0.15) is 0 Å². The Morgan fingerprint density at radius 2 is 1.70 bits per heavy atom. The summed E-state index contributed by atoms with van der Waals surface area (Å²) in [5, 5.41) is 13.8. The zero-order chi connectivity index (χ0) is 24.1. The summed E-state index contributed by atoms with van der Waals surface area (Å²) in [5.41, 5.74) is 1.32. The van der Waals surface area contributed by atoms with E-state index in [0.29, 0.717) is 22.6 Å². The lowest BCUT2D eigenvalue weighted by Crippen LogP contribution is -2.20. The topological polar surface area (TPSA) is 146 Å². The molecule has 0 unspecified atom stereocenters. The number of rotatable bonds is 7. The molecule has 0 aliphatic carbocycles. The Kier molecular flexibility index (Phi) is 6.82. The zero-order valence-corrected chi connectivity index (χ0v) is 18.0. The minimum atomic E-state index is -0.566. The molecule has 1 aromatic heterocycles. The van der Waals surface area contributed by atoms with Crippen LogP contribution in [0.3, 0.4) is 0 Å². The van der Waals surface area contributed by atoms with Crippen LogP contribution in [0.2, 0.25) is 0 Å². The van der Waals surface area contributed by atoms with E-state index in [0.717, 1.165) is 0 Å². The summed E-state index contributed by atoms with van der Waals surface area (Å²) in [4.78, 5) is 51.5. The summed E-state index contributed by atoms with van der Waals surface area (Å²) < 4.78 is 10.6. The highest BCUT2D eigenvalue weighted by molar-refractivity contribution is 6.01. The van der Waals surface area contributed by atoms with Gasteiger partial charge in [0.2, 0.25) is 0 Å². The predicted molar refractivity (Wildman–Crippen MR) is 118 cm³/mol. The van der Waals surface area contributed by atoms with Crippen molar-refractivity contribution in [3.8, 4) is 5.69 Å². The number of non-ortho nitro benzene ring substituents is 1. The highest BCUT2D eigenvalue weighted by Crippen LogP contribution is 2.18. The van der Waals surface area contributed by atoms with E-state index in [2.05, 4.69) is 14.8 Å². The third-order valence-corrected chi connectivity index (χ3v) is 4.78. The van der Waals surface area contributed by atoms with Crippen LogP contribution in [-0.2, 0) is 20.7 Å². The van der Waals surface area contributed by atoms with E-state index in [1.165, 1.54) is 43.2 Å². The molecule has 0 aliphatic heterocycles. The number of nitro benzene ring substituents is 1. The second-order valence-corrected chi connectivity index (χ2v) is 6.87. The van der Waals surface area contributed by atoms with Crippen LogP contribution in [0.15, 0.2) is 58.3 Å². The molecule has 0 atom stereocenters. The quantitative estimate of drug-likeness (QED) is 0.251. The minimum absolute atomic E-state index is 0.124.